The molecule has 31 heavy (non-hydrogen) atoms. The number of aromatic nitrogens is 2. The van der Waals surface area contributed by atoms with Gasteiger partial charge in [0.05, 0.1) is 6.54 Å². The maximum Gasteiger partial charge on any atom is 0.331 e. The number of nitrogens with zero attached hydrogens (tertiary/aromatic N) is 4. The average molecular weight is 422 g/mol. The van der Waals surface area contributed by atoms with Gasteiger partial charge in [-0.15, -0.1) is 0 Å². The number of benzene rings is 2. The van der Waals surface area contributed by atoms with Crippen molar-refractivity contribution in [3.63, 3.8) is 0 Å². The Morgan fingerprint density at radius 3 is 2.23 bits per heavy atom. The molecule has 1 aliphatic rings. The lowest BCUT2D eigenvalue weighted by atomic mass is 10.2. The van der Waals surface area contributed by atoms with Crippen LogP contribution in [0.4, 0.5) is 10.1 Å². The molecular weight excluding hydrogens is 399 g/mol. The van der Waals surface area contributed by atoms with Crippen LogP contribution in [-0.2, 0) is 17.9 Å². The standard InChI is InChI=1S/C23H23FN4O3/c24-19-8-6-18(7-9-19)16-27-11-10-21(29)28(23(27)31)17-22(30)26-14-12-25(13-15-26)20-4-2-1-3-5-20/h1-11H,12-17H2. The molecule has 160 valence electrons. The number of amides is 1. The van der Waals surface area contributed by atoms with Crippen molar-refractivity contribution in [1.29, 1.82) is 0 Å². The van der Waals surface area contributed by atoms with E-state index in [2.05, 4.69) is 4.90 Å². The van der Waals surface area contributed by atoms with Crippen LogP contribution in [0, 0.1) is 5.82 Å². The van der Waals surface area contributed by atoms with Crippen LogP contribution in [0.1, 0.15) is 5.56 Å². The third-order valence-electron chi connectivity index (χ3n) is 5.45. The summed E-state index contributed by atoms with van der Waals surface area (Å²) >= 11 is 0. The van der Waals surface area contributed by atoms with Gasteiger partial charge in [0.1, 0.15) is 12.4 Å². The van der Waals surface area contributed by atoms with Gasteiger partial charge in [0.2, 0.25) is 5.91 Å². The highest BCUT2D eigenvalue weighted by Crippen LogP contribution is 2.15. The molecule has 0 radical (unpaired) electrons. The van der Waals surface area contributed by atoms with E-state index in [4.69, 9.17) is 0 Å². The first-order chi connectivity index (χ1) is 15.0. The second-order valence-corrected chi connectivity index (χ2v) is 7.48. The molecule has 0 spiro atoms. The van der Waals surface area contributed by atoms with Crippen molar-refractivity contribution in [2.75, 3.05) is 31.1 Å². The SMILES string of the molecule is O=C(Cn1c(=O)ccn(Cc2ccc(F)cc2)c1=O)N1CCN(c2ccccc2)CC1. The van der Waals surface area contributed by atoms with Crippen molar-refractivity contribution < 1.29 is 9.18 Å². The fourth-order valence-corrected chi connectivity index (χ4v) is 3.70. The van der Waals surface area contributed by atoms with Gasteiger partial charge in [-0.25, -0.2) is 9.18 Å². The van der Waals surface area contributed by atoms with Gasteiger partial charge in [-0.3, -0.25) is 18.7 Å². The minimum absolute atomic E-state index is 0.184. The Bertz CT molecular complexity index is 1160. The number of anilines is 1. The Labute approximate surface area is 178 Å². The average Bonchev–Trinajstić information content (AvgIpc) is 2.80. The van der Waals surface area contributed by atoms with Crippen molar-refractivity contribution in [3.05, 3.63) is 99.1 Å². The second-order valence-electron chi connectivity index (χ2n) is 7.48. The van der Waals surface area contributed by atoms with Crippen LogP contribution in [-0.4, -0.2) is 46.1 Å². The first kappa shape index (κ1) is 20.6. The summed E-state index contributed by atoms with van der Waals surface area (Å²) in [5, 5.41) is 0. The van der Waals surface area contributed by atoms with Gasteiger partial charge in [-0.05, 0) is 29.8 Å². The molecular formula is C23H23FN4O3. The predicted octanol–water partition coefficient (Wildman–Crippen LogP) is 1.55. The third-order valence-corrected chi connectivity index (χ3v) is 5.45. The number of rotatable bonds is 5. The Hall–Kier alpha value is -3.68. The van der Waals surface area contributed by atoms with E-state index in [1.54, 1.807) is 17.0 Å². The number of hydrogen-bond donors (Lipinski definition) is 0. The molecule has 1 aliphatic heterocycles. The number of halogens is 1. The van der Waals surface area contributed by atoms with Gasteiger partial charge < -0.3 is 9.80 Å². The van der Waals surface area contributed by atoms with Crippen LogP contribution in [0.2, 0.25) is 0 Å². The fraction of sp³-hybridized carbons (Fsp3) is 0.261. The van der Waals surface area contributed by atoms with E-state index < -0.39 is 11.2 Å². The minimum Gasteiger partial charge on any atom is -0.368 e. The maximum absolute atomic E-state index is 13.1. The van der Waals surface area contributed by atoms with Crippen molar-refractivity contribution in [2.45, 2.75) is 13.1 Å². The van der Waals surface area contributed by atoms with E-state index in [0.717, 1.165) is 15.8 Å². The predicted molar refractivity (Wildman–Crippen MR) is 116 cm³/mol. The van der Waals surface area contributed by atoms with E-state index in [0.29, 0.717) is 26.2 Å². The zero-order valence-electron chi connectivity index (χ0n) is 17.0. The monoisotopic (exact) mass is 422 g/mol. The van der Waals surface area contributed by atoms with Gasteiger partial charge >= 0.3 is 5.69 Å². The van der Waals surface area contributed by atoms with Crippen LogP contribution in [0.25, 0.3) is 0 Å². The molecule has 2 heterocycles. The summed E-state index contributed by atoms with van der Waals surface area (Å²) in [5.74, 6) is -0.620. The number of hydrogen-bond acceptors (Lipinski definition) is 4. The third kappa shape index (κ3) is 4.74. The van der Waals surface area contributed by atoms with E-state index in [1.165, 1.54) is 29.0 Å². The molecule has 0 saturated carbocycles. The first-order valence-electron chi connectivity index (χ1n) is 10.1. The van der Waals surface area contributed by atoms with Crippen LogP contribution in [0.5, 0.6) is 0 Å². The van der Waals surface area contributed by atoms with Crippen molar-refractivity contribution >= 4 is 11.6 Å². The van der Waals surface area contributed by atoms with Gasteiger partial charge in [0.25, 0.3) is 5.56 Å². The van der Waals surface area contributed by atoms with Gasteiger partial charge in [0.15, 0.2) is 0 Å². The smallest absolute Gasteiger partial charge is 0.331 e. The lowest BCUT2D eigenvalue weighted by molar-refractivity contribution is -0.132. The largest absolute Gasteiger partial charge is 0.368 e. The summed E-state index contributed by atoms with van der Waals surface area (Å²) in [6.45, 7) is 2.32. The highest BCUT2D eigenvalue weighted by atomic mass is 19.1. The van der Waals surface area contributed by atoms with E-state index >= 15 is 0 Å². The summed E-state index contributed by atoms with van der Waals surface area (Å²) in [6, 6.07) is 17.0. The molecule has 3 aromatic rings. The summed E-state index contributed by atoms with van der Waals surface area (Å²) < 4.78 is 15.4. The van der Waals surface area contributed by atoms with Gasteiger partial charge in [-0.1, -0.05) is 30.3 Å². The van der Waals surface area contributed by atoms with E-state index in [9.17, 15) is 18.8 Å². The molecule has 0 unspecified atom stereocenters. The molecule has 1 amide bonds. The van der Waals surface area contributed by atoms with Crippen LogP contribution in [0.3, 0.4) is 0 Å². The van der Waals surface area contributed by atoms with Gasteiger partial charge in [0, 0.05) is 44.1 Å². The lowest BCUT2D eigenvalue weighted by Crippen LogP contribution is -2.51. The molecule has 0 bridgehead atoms. The first-order valence-corrected chi connectivity index (χ1v) is 10.1. The minimum atomic E-state index is -0.562. The van der Waals surface area contributed by atoms with Crippen molar-refractivity contribution in [1.82, 2.24) is 14.0 Å². The Balaban J connectivity index is 1.44. The van der Waals surface area contributed by atoms with Crippen LogP contribution >= 0.6 is 0 Å². The second kappa shape index (κ2) is 8.99. The Morgan fingerprint density at radius 1 is 0.871 bits per heavy atom. The zero-order valence-corrected chi connectivity index (χ0v) is 17.0. The van der Waals surface area contributed by atoms with E-state index in [1.807, 2.05) is 30.3 Å². The molecule has 1 saturated heterocycles. The summed E-state index contributed by atoms with van der Waals surface area (Å²) in [5.41, 5.74) is 0.749. The molecule has 1 aromatic heterocycles. The highest BCUT2D eigenvalue weighted by molar-refractivity contribution is 5.76. The normalized spacial score (nSPS) is 14.0. The van der Waals surface area contributed by atoms with E-state index in [-0.39, 0.29) is 24.8 Å². The Kier molecular flexibility index (Phi) is 5.97. The number of carbonyl (C=O) groups excluding carboxylic acids is 1. The molecule has 2 aromatic carbocycles. The molecule has 4 rings (SSSR count). The Morgan fingerprint density at radius 2 is 1.55 bits per heavy atom. The molecule has 8 heteroatoms. The molecule has 0 aliphatic carbocycles. The number of carbonyl (C=O) groups is 1. The quantitative estimate of drug-likeness (QED) is 0.626. The molecule has 0 N–H and O–H groups in total. The number of para-hydroxylation sites is 1. The molecule has 0 atom stereocenters. The van der Waals surface area contributed by atoms with Gasteiger partial charge in [-0.2, -0.15) is 0 Å². The zero-order chi connectivity index (χ0) is 21.8. The van der Waals surface area contributed by atoms with Crippen molar-refractivity contribution in [3.8, 4) is 0 Å². The summed E-state index contributed by atoms with van der Waals surface area (Å²) in [7, 11) is 0. The lowest BCUT2D eigenvalue weighted by Gasteiger charge is -2.36. The fourth-order valence-electron chi connectivity index (χ4n) is 3.70. The summed E-state index contributed by atoms with van der Waals surface area (Å²) in [6.07, 6.45) is 1.40. The van der Waals surface area contributed by atoms with Crippen LogP contribution in [0.15, 0.2) is 76.4 Å². The van der Waals surface area contributed by atoms with Crippen molar-refractivity contribution in [2.24, 2.45) is 0 Å². The number of piperazine rings is 1. The topological polar surface area (TPSA) is 67.5 Å². The molecule has 1 fully saturated rings. The summed E-state index contributed by atoms with van der Waals surface area (Å²) in [4.78, 5) is 41.7. The highest BCUT2D eigenvalue weighted by Gasteiger charge is 2.22. The van der Waals surface area contributed by atoms with Crippen LogP contribution < -0.4 is 16.1 Å². The molecule has 7 nitrogen and oxygen atoms in total. The maximum atomic E-state index is 13.1.